The van der Waals surface area contributed by atoms with E-state index in [1.807, 2.05) is 60.7 Å². The largest absolute Gasteiger partial charge is 0.445 e. The van der Waals surface area contributed by atoms with Crippen LogP contribution in [0.1, 0.15) is 45.9 Å². The smallest absolute Gasteiger partial charge is 0.410 e. The van der Waals surface area contributed by atoms with Crippen molar-refractivity contribution in [3.05, 3.63) is 93.7 Å². The number of ether oxygens (including phenoxy) is 1. The Hall–Kier alpha value is -3.92. The molecule has 4 aromatic rings. The van der Waals surface area contributed by atoms with Crippen molar-refractivity contribution in [2.75, 3.05) is 25.5 Å². The summed E-state index contributed by atoms with van der Waals surface area (Å²) in [6.07, 6.45) is 3.06. The normalized spacial score (nSPS) is 13.9. The Morgan fingerprint density at radius 3 is 2.50 bits per heavy atom. The van der Waals surface area contributed by atoms with Crippen LogP contribution in [-0.2, 0) is 17.9 Å². The van der Waals surface area contributed by atoms with Crippen molar-refractivity contribution in [2.24, 2.45) is 0 Å². The number of carbonyl (C=O) groups is 2. The van der Waals surface area contributed by atoms with E-state index in [4.69, 9.17) is 9.72 Å². The number of anilines is 1. The third-order valence-corrected chi connectivity index (χ3v) is 7.30. The van der Waals surface area contributed by atoms with Crippen molar-refractivity contribution in [1.82, 2.24) is 24.8 Å². The van der Waals surface area contributed by atoms with Crippen molar-refractivity contribution >= 4 is 39.4 Å². The van der Waals surface area contributed by atoms with E-state index < -0.39 is 0 Å². The highest BCUT2D eigenvalue weighted by Gasteiger charge is 2.26. The van der Waals surface area contributed by atoms with Crippen LogP contribution in [0.2, 0.25) is 0 Å². The molecular weight excluding hydrogens is 548 g/mol. The number of carbonyl (C=O) groups excluding carboxylic acids is 2. The maximum atomic E-state index is 12.6. The van der Waals surface area contributed by atoms with Crippen LogP contribution in [0.25, 0.3) is 5.65 Å². The lowest BCUT2D eigenvalue weighted by molar-refractivity contribution is 0.0868. The molecule has 1 saturated heterocycles. The van der Waals surface area contributed by atoms with Gasteiger partial charge in [0.25, 0.3) is 5.91 Å². The first kappa shape index (κ1) is 25.7. The molecule has 0 aliphatic carbocycles. The van der Waals surface area contributed by atoms with E-state index in [-0.39, 0.29) is 24.5 Å². The number of nitrogens with one attached hydrogen (secondary N) is 2. The molecule has 0 saturated carbocycles. The maximum absolute atomic E-state index is 12.6. The molecule has 196 valence electrons. The summed E-state index contributed by atoms with van der Waals surface area (Å²) in [5.74, 6) is 0.935. The number of aromatic nitrogens is 3. The number of hydrogen-bond acceptors (Lipinski definition) is 6. The van der Waals surface area contributed by atoms with Crippen LogP contribution in [0, 0.1) is 0 Å². The van der Waals surface area contributed by atoms with Gasteiger partial charge in [0.05, 0.1) is 10.7 Å². The highest BCUT2D eigenvalue weighted by molar-refractivity contribution is 9.10. The minimum atomic E-state index is -0.279. The minimum absolute atomic E-state index is 0.109. The zero-order valence-corrected chi connectivity index (χ0v) is 22.6. The quantitative estimate of drug-likeness (QED) is 0.322. The predicted molar refractivity (Wildman–Crippen MR) is 148 cm³/mol. The number of benzene rings is 2. The van der Waals surface area contributed by atoms with Gasteiger partial charge in [-0.15, -0.1) is 0 Å². The van der Waals surface area contributed by atoms with E-state index >= 15 is 0 Å². The Morgan fingerprint density at radius 2 is 1.79 bits per heavy atom. The number of amides is 2. The van der Waals surface area contributed by atoms with Crippen LogP contribution in [0.5, 0.6) is 0 Å². The van der Waals surface area contributed by atoms with Crippen LogP contribution in [-0.4, -0.2) is 51.6 Å². The number of piperidine rings is 1. The molecule has 1 fully saturated rings. The van der Waals surface area contributed by atoms with Gasteiger partial charge in [-0.1, -0.05) is 42.5 Å². The number of fused-ring (bicyclic) bond motifs is 1. The fraction of sp³-hybridized carbons (Fsp3) is 0.286. The number of likely N-dealkylation sites (tertiary alicyclic amines) is 1. The molecule has 1 aliphatic heterocycles. The van der Waals surface area contributed by atoms with E-state index in [0.717, 1.165) is 45.6 Å². The second-order valence-corrected chi connectivity index (χ2v) is 10.1. The summed E-state index contributed by atoms with van der Waals surface area (Å²) < 4.78 is 8.11. The Balaban J connectivity index is 1.24. The van der Waals surface area contributed by atoms with Gasteiger partial charge < -0.3 is 20.3 Å². The second kappa shape index (κ2) is 11.6. The number of nitrogens with zero attached hydrogens (tertiary/aromatic N) is 4. The molecule has 9 nitrogen and oxygen atoms in total. The Morgan fingerprint density at radius 1 is 1.05 bits per heavy atom. The van der Waals surface area contributed by atoms with Gasteiger partial charge in [0.2, 0.25) is 0 Å². The molecule has 2 aromatic heterocycles. The SMILES string of the molecule is CNC(=O)c1ccc(CNc2cc(C3CCN(C(=O)OCc4ccccc4)CC3)nc3c(Br)cnn23)cc1. The lowest BCUT2D eigenvalue weighted by Gasteiger charge is -2.31. The number of halogens is 1. The van der Waals surface area contributed by atoms with Crippen LogP contribution < -0.4 is 10.6 Å². The van der Waals surface area contributed by atoms with Gasteiger partial charge in [0.15, 0.2) is 5.65 Å². The highest BCUT2D eigenvalue weighted by atomic mass is 79.9. The lowest BCUT2D eigenvalue weighted by atomic mass is 9.93. The fourth-order valence-corrected chi connectivity index (χ4v) is 4.92. The molecule has 3 heterocycles. The predicted octanol–water partition coefficient (Wildman–Crippen LogP) is 4.98. The first-order valence-electron chi connectivity index (χ1n) is 12.6. The molecule has 10 heteroatoms. The van der Waals surface area contributed by atoms with Crippen molar-refractivity contribution in [2.45, 2.75) is 31.9 Å². The molecule has 0 atom stereocenters. The first-order chi connectivity index (χ1) is 18.5. The monoisotopic (exact) mass is 576 g/mol. The molecule has 0 unspecified atom stereocenters. The molecular formula is C28H29BrN6O3. The molecule has 0 spiro atoms. The van der Waals surface area contributed by atoms with Gasteiger partial charge in [-0.05, 0) is 52.0 Å². The molecule has 38 heavy (non-hydrogen) atoms. The third kappa shape index (κ3) is 5.80. The Kier molecular flexibility index (Phi) is 7.88. The Labute approximate surface area is 229 Å². The summed E-state index contributed by atoms with van der Waals surface area (Å²) >= 11 is 3.57. The van der Waals surface area contributed by atoms with Gasteiger partial charge in [0.1, 0.15) is 12.4 Å². The van der Waals surface area contributed by atoms with Crippen molar-refractivity contribution < 1.29 is 14.3 Å². The standard InChI is InChI=1S/C28H29BrN6O3/c1-30-27(36)22-9-7-19(8-10-22)16-31-25-15-24(33-26-23(29)17-32-35(25)26)21-11-13-34(14-12-21)28(37)38-18-20-5-3-2-4-6-20/h2-10,15,17,21,31H,11-14,16,18H2,1H3,(H,30,36). The van der Waals surface area contributed by atoms with E-state index in [2.05, 4.69) is 31.7 Å². The number of hydrogen-bond donors (Lipinski definition) is 2. The minimum Gasteiger partial charge on any atom is -0.445 e. The van der Waals surface area contributed by atoms with Gasteiger partial charge in [-0.2, -0.15) is 9.61 Å². The summed E-state index contributed by atoms with van der Waals surface area (Å²) in [6.45, 7) is 2.07. The van der Waals surface area contributed by atoms with Crippen molar-refractivity contribution in [1.29, 1.82) is 0 Å². The van der Waals surface area contributed by atoms with Crippen molar-refractivity contribution in [3.8, 4) is 0 Å². The van der Waals surface area contributed by atoms with E-state index in [1.165, 1.54) is 0 Å². The zero-order valence-electron chi connectivity index (χ0n) is 21.1. The third-order valence-electron chi connectivity index (χ3n) is 6.74. The van der Waals surface area contributed by atoms with E-state index in [9.17, 15) is 9.59 Å². The summed E-state index contributed by atoms with van der Waals surface area (Å²) in [5, 5.41) is 10.6. The molecule has 0 bridgehead atoms. The van der Waals surface area contributed by atoms with E-state index in [0.29, 0.717) is 25.2 Å². The Bertz CT molecular complexity index is 1420. The molecule has 2 aromatic carbocycles. The van der Waals surface area contributed by atoms with Crippen LogP contribution >= 0.6 is 15.9 Å². The molecule has 1 aliphatic rings. The van der Waals surface area contributed by atoms with Crippen LogP contribution in [0.15, 0.2) is 71.3 Å². The average Bonchev–Trinajstić information content (AvgIpc) is 3.35. The van der Waals surface area contributed by atoms with Gasteiger partial charge in [-0.3, -0.25) is 4.79 Å². The van der Waals surface area contributed by atoms with Gasteiger partial charge in [0, 0.05) is 49.9 Å². The highest BCUT2D eigenvalue weighted by Crippen LogP contribution is 2.31. The summed E-state index contributed by atoms with van der Waals surface area (Å²) in [5.41, 5.74) is 4.34. The lowest BCUT2D eigenvalue weighted by Crippen LogP contribution is -2.38. The summed E-state index contributed by atoms with van der Waals surface area (Å²) in [6, 6.07) is 19.2. The van der Waals surface area contributed by atoms with Crippen LogP contribution in [0.4, 0.5) is 10.6 Å². The van der Waals surface area contributed by atoms with Crippen molar-refractivity contribution in [3.63, 3.8) is 0 Å². The summed E-state index contributed by atoms with van der Waals surface area (Å²) in [7, 11) is 1.62. The fourth-order valence-electron chi connectivity index (χ4n) is 4.57. The molecule has 2 N–H and O–H groups in total. The second-order valence-electron chi connectivity index (χ2n) is 9.23. The van der Waals surface area contributed by atoms with E-state index in [1.54, 1.807) is 22.7 Å². The summed E-state index contributed by atoms with van der Waals surface area (Å²) in [4.78, 5) is 31.1. The molecule has 0 radical (unpaired) electrons. The number of rotatable bonds is 7. The molecule has 5 rings (SSSR count). The molecule has 2 amide bonds. The van der Waals surface area contributed by atoms with Gasteiger partial charge >= 0.3 is 6.09 Å². The van der Waals surface area contributed by atoms with Gasteiger partial charge in [-0.25, -0.2) is 9.78 Å². The topological polar surface area (TPSA) is 101 Å². The zero-order chi connectivity index (χ0) is 26.5. The first-order valence-corrected chi connectivity index (χ1v) is 13.4. The average molecular weight is 577 g/mol. The maximum Gasteiger partial charge on any atom is 0.410 e. The van der Waals surface area contributed by atoms with Crippen LogP contribution in [0.3, 0.4) is 0 Å².